The van der Waals surface area contributed by atoms with Gasteiger partial charge < -0.3 is 14.2 Å². The molecule has 0 bridgehead atoms. The second kappa shape index (κ2) is 10.9. The van der Waals surface area contributed by atoms with E-state index in [0.29, 0.717) is 40.2 Å². The normalized spacial score (nSPS) is 11.2. The molecular formula is C22H21BrIN3O5. The molecule has 0 amide bonds. The van der Waals surface area contributed by atoms with Crippen LogP contribution in [0.25, 0.3) is 10.9 Å². The largest absolute Gasteiger partial charge is 0.493 e. The fourth-order valence-electron chi connectivity index (χ4n) is 2.96. The zero-order valence-electron chi connectivity index (χ0n) is 17.7. The lowest BCUT2D eigenvalue weighted by Gasteiger charge is -2.13. The Labute approximate surface area is 206 Å². The molecule has 1 aromatic heterocycles. The van der Waals surface area contributed by atoms with Gasteiger partial charge in [0, 0.05) is 10.9 Å². The first-order valence-electron chi connectivity index (χ1n) is 9.79. The Bertz CT molecular complexity index is 1240. The molecule has 168 valence electrons. The molecule has 0 unspecified atom stereocenters. The van der Waals surface area contributed by atoms with Crippen LogP contribution >= 0.6 is 38.5 Å². The predicted octanol–water partition coefficient (Wildman–Crippen LogP) is 4.16. The molecule has 2 aromatic carbocycles. The van der Waals surface area contributed by atoms with Gasteiger partial charge in [-0.05, 0) is 65.4 Å². The predicted molar refractivity (Wildman–Crippen MR) is 134 cm³/mol. The van der Waals surface area contributed by atoms with Gasteiger partial charge in [0.15, 0.2) is 18.1 Å². The summed E-state index contributed by atoms with van der Waals surface area (Å²) in [6, 6.07) is 8.91. The van der Waals surface area contributed by atoms with E-state index in [2.05, 4.69) is 48.6 Å². The number of rotatable bonds is 8. The topological polar surface area (TPSA) is 92.0 Å². The molecule has 0 aliphatic heterocycles. The molecule has 0 aliphatic rings. The second-order valence-corrected chi connectivity index (χ2v) is 8.61. The van der Waals surface area contributed by atoms with E-state index in [1.54, 1.807) is 31.3 Å². The summed E-state index contributed by atoms with van der Waals surface area (Å²) in [6.07, 6.45) is 2.10. The summed E-state index contributed by atoms with van der Waals surface area (Å²) in [5, 5.41) is 4.87. The van der Waals surface area contributed by atoms with Gasteiger partial charge in [0.05, 0.1) is 34.4 Å². The molecule has 0 radical (unpaired) electrons. The Balaban J connectivity index is 1.96. The number of methoxy groups -OCH3 is 1. The number of nitrogens with zero attached hydrogens (tertiary/aromatic N) is 3. The van der Waals surface area contributed by atoms with Crippen molar-refractivity contribution >= 4 is 61.6 Å². The highest BCUT2D eigenvalue weighted by molar-refractivity contribution is 14.1. The molecule has 32 heavy (non-hydrogen) atoms. The molecule has 0 atom stereocenters. The van der Waals surface area contributed by atoms with Crippen molar-refractivity contribution in [2.45, 2.75) is 20.3 Å². The lowest BCUT2D eigenvalue weighted by Crippen LogP contribution is -2.22. The number of esters is 1. The minimum atomic E-state index is -0.460. The van der Waals surface area contributed by atoms with E-state index in [0.717, 1.165) is 8.04 Å². The van der Waals surface area contributed by atoms with E-state index < -0.39 is 5.97 Å². The number of aryl methyl sites for hydroxylation is 1. The summed E-state index contributed by atoms with van der Waals surface area (Å²) in [5.74, 6) is 0.961. The molecule has 0 spiro atoms. The van der Waals surface area contributed by atoms with E-state index in [1.807, 2.05) is 19.1 Å². The number of hydrogen-bond acceptors (Lipinski definition) is 7. The van der Waals surface area contributed by atoms with Crippen molar-refractivity contribution in [3.8, 4) is 11.5 Å². The van der Waals surface area contributed by atoms with E-state index >= 15 is 0 Å². The van der Waals surface area contributed by atoms with Gasteiger partial charge in [-0.1, -0.05) is 22.9 Å². The van der Waals surface area contributed by atoms with Gasteiger partial charge in [-0.25, -0.2) is 9.78 Å². The highest BCUT2D eigenvalue weighted by Crippen LogP contribution is 2.33. The van der Waals surface area contributed by atoms with Crippen LogP contribution in [0, 0.1) is 3.57 Å². The van der Waals surface area contributed by atoms with Gasteiger partial charge in [0.2, 0.25) is 0 Å². The number of ether oxygens (including phenoxy) is 3. The zero-order valence-corrected chi connectivity index (χ0v) is 21.5. The maximum Gasteiger partial charge on any atom is 0.344 e. The highest BCUT2D eigenvalue weighted by Gasteiger charge is 2.14. The fourth-order valence-corrected chi connectivity index (χ4v) is 4.10. The van der Waals surface area contributed by atoms with Crippen LogP contribution in [0.4, 0.5) is 0 Å². The smallest absolute Gasteiger partial charge is 0.344 e. The van der Waals surface area contributed by atoms with Crippen molar-refractivity contribution in [1.82, 2.24) is 9.66 Å². The maximum atomic E-state index is 13.0. The number of halogens is 2. The number of benzene rings is 2. The number of hydrogen-bond donors (Lipinski definition) is 0. The molecule has 0 N–H and O–H groups in total. The molecule has 10 heteroatoms. The summed E-state index contributed by atoms with van der Waals surface area (Å²) in [7, 11) is 1.51. The van der Waals surface area contributed by atoms with Crippen LogP contribution in [0.2, 0.25) is 0 Å². The first-order valence-corrected chi connectivity index (χ1v) is 11.7. The average molecular weight is 614 g/mol. The van der Waals surface area contributed by atoms with Crippen LogP contribution < -0.4 is 15.0 Å². The van der Waals surface area contributed by atoms with Crippen molar-refractivity contribution in [2.75, 3.05) is 20.3 Å². The Morgan fingerprint density at radius 1 is 1.28 bits per heavy atom. The van der Waals surface area contributed by atoms with Crippen molar-refractivity contribution < 1.29 is 19.0 Å². The Morgan fingerprint density at radius 3 is 2.75 bits per heavy atom. The zero-order chi connectivity index (χ0) is 23.3. The SMILES string of the molecule is CCOC(=O)COc1c(I)cc(C=Nn2c(CC)nc3ccc(Br)cc3c2=O)cc1OC. The number of fused-ring (bicyclic) bond motifs is 1. The van der Waals surface area contributed by atoms with E-state index in [1.165, 1.54) is 11.8 Å². The van der Waals surface area contributed by atoms with Gasteiger partial charge in [-0.15, -0.1) is 0 Å². The maximum absolute atomic E-state index is 13.0. The van der Waals surface area contributed by atoms with Crippen molar-refractivity contribution in [3.05, 3.63) is 60.1 Å². The van der Waals surface area contributed by atoms with Gasteiger partial charge >= 0.3 is 5.97 Å². The summed E-state index contributed by atoms with van der Waals surface area (Å²) < 4.78 is 18.7. The van der Waals surface area contributed by atoms with Crippen LogP contribution in [-0.4, -0.2) is 42.2 Å². The third kappa shape index (κ3) is 5.47. The van der Waals surface area contributed by atoms with Crippen LogP contribution in [0.5, 0.6) is 11.5 Å². The van der Waals surface area contributed by atoms with Crippen LogP contribution in [-0.2, 0) is 16.0 Å². The standard InChI is InChI=1S/C22H21BrIN3O5/c1-4-19-26-17-7-6-14(23)10-15(17)22(29)27(19)25-11-13-8-16(24)21(18(9-13)30-3)32-12-20(28)31-5-2/h6-11H,4-5,12H2,1-3H3. The van der Waals surface area contributed by atoms with E-state index in [9.17, 15) is 9.59 Å². The molecule has 3 rings (SSSR count). The molecule has 0 aliphatic carbocycles. The van der Waals surface area contributed by atoms with Crippen molar-refractivity contribution in [2.24, 2.45) is 5.10 Å². The molecule has 0 fully saturated rings. The average Bonchev–Trinajstić information content (AvgIpc) is 2.77. The molecule has 8 nitrogen and oxygen atoms in total. The third-order valence-corrected chi connectivity index (χ3v) is 5.70. The summed E-state index contributed by atoms with van der Waals surface area (Å²) >= 11 is 5.48. The van der Waals surface area contributed by atoms with Crippen LogP contribution in [0.3, 0.4) is 0 Å². The molecule has 0 saturated heterocycles. The monoisotopic (exact) mass is 613 g/mol. The molecular weight excluding hydrogens is 593 g/mol. The molecule has 1 heterocycles. The number of aromatic nitrogens is 2. The Hall–Kier alpha value is -2.47. The van der Waals surface area contributed by atoms with Crippen molar-refractivity contribution in [1.29, 1.82) is 0 Å². The van der Waals surface area contributed by atoms with Crippen LogP contribution in [0.15, 0.2) is 44.7 Å². The van der Waals surface area contributed by atoms with Crippen molar-refractivity contribution in [3.63, 3.8) is 0 Å². The molecule has 0 saturated carbocycles. The highest BCUT2D eigenvalue weighted by atomic mass is 127. The minimum absolute atomic E-state index is 0.221. The lowest BCUT2D eigenvalue weighted by molar-refractivity contribution is -0.145. The van der Waals surface area contributed by atoms with Gasteiger partial charge in [0.1, 0.15) is 5.82 Å². The second-order valence-electron chi connectivity index (χ2n) is 6.53. The fraction of sp³-hybridized carbons (Fsp3) is 0.273. The van der Waals surface area contributed by atoms with Gasteiger partial charge in [0.25, 0.3) is 5.56 Å². The number of carbonyl (C=O) groups excluding carboxylic acids is 1. The summed E-state index contributed by atoms with van der Waals surface area (Å²) in [6.45, 7) is 3.71. The van der Waals surface area contributed by atoms with E-state index in [-0.39, 0.29) is 18.8 Å². The van der Waals surface area contributed by atoms with E-state index in [4.69, 9.17) is 14.2 Å². The quantitative estimate of drug-likeness (QED) is 0.215. The van der Waals surface area contributed by atoms with Gasteiger partial charge in [-0.2, -0.15) is 9.78 Å². The summed E-state index contributed by atoms with van der Waals surface area (Å²) in [4.78, 5) is 29.2. The van der Waals surface area contributed by atoms with Crippen LogP contribution in [0.1, 0.15) is 25.2 Å². The van der Waals surface area contributed by atoms with Gasteiger partial charge in [-0.3, -0.25) is 4.79 Å². The lowest BCUT2D eigenvalue weighted by atomic mass is 10.2. The Kier molecular flexibility index (Phi) is 8.24. The summed E-state index contributed by atoms with van der Waals surface area (Å²) in [5.41, 5.74) is 1.07. The third-order valence-electron chi connectivity index (χ3n) is 4.41. The number of carbonyl (C=O) groups is 1. The molecule has 3 aromatic rings. The first kappa shape index (κ1) is 24.2. The minimum Gasteiger partial charge on any atom is -0.493 e. The Morgan fingerprint density at radius 2 is 2.06 bits per heavy atom. The first-order chi connectivity index (χ1) is 15.4.